The lowest BCUT2D eigenvalue weighted by molar-refractivity contribution is 0.402. The zero-order valence-electron chi connectivity index (χ0n) is 21.2. The number of aromatic nitrogens is 7. The lowest BCUT2D eigenvalue weighted by atomic mass is 10.0. The van der Waals surface area contributed by atoms with Crippen molar-refractivity contribution in [3.05, 3.63) is 78.3 Å². The zero-order valence-corrected chi connectivity index (χ0v) is 21.2. The Bertz CT molecular complexity index is 1770. The highest BCUT2D eigenvalue weighted by molar-refractivity contribution is 5.96. The smallest absolute Gasteiger partial charge is 0.159 e. The van der Waals surface area contributed by atoms with Crippen LogP contribution in [0.2, 0.25) is 0 Å². The maximum absolute atomic E-state index is 14.4. The van der Waals surface area contributed by atoms with E-state index in [1.807, 2.05) is 51.9 Å². The third kappa shape index (κ3) is 4.51. The number of hydrogen-bond acceptors (Lipinski definition) is 7. The van der Waals surface area contributed by atoms with Crippen molar-refractivity contribution < 1.29 is 4.39 Å². The minimum Gasteiger partial charge on any atom is -0.335 e. The molecule has 6 rings (SSSR count). The van der Waals surface area contributed by atoms with E-state index in [9.17, 15) is 4.39 Å². The highest BCUT2D eigenvalue weighted by Crippen LogP contribution is 2.32. The summed E-state index contributed by atoms with van der Waals surface area (Å²) in [5.74, 6) is 0.271. The average Bonchev–Trinajstić information content (AvgIpc) is 3.52. The van der Waals surface area contributed by atoms with Crippen molar-refractivity contribution in [3.8, 4) is 33.8 Å². The molecule has 0 spiro atoms. The Hall–Kier alpha value is -4.54. The van der Waals surface area contributed by atoms with Gasteiger partial charge >= 0.3 is 0 Å². The number of benzene rings is 1. The summed E-state index contributed by atoms with van der Waals surface area (Å²) in [6, 6.07) is 9.14. The molecule has 5 heterocycles. The van der Waals surface area contributed by atoms with Gasteiger partial charge in [0, 0.05) is 54.6 Å². The molecule has 0 aliphatic carbocycles. The molecule has 0 aliphatic rings. The van der Waals surface area contributed by atoms with Crippen LogP contribution in [0, 0.1) is 5.82 Å². The molecule has 190 valence electrons. The summed E-state index contributed by atoms with van der Waals surface area (Å²) in [6.07, 6.45) is 8.94. The zero-order chi connectivity index (χ0) is 26.2. The third-order valence-electron chi connectivity index (χ3n) is 6.31. The maximum Gasteiger partial charge on any atom is 0.159 e. The lowest BCUT2D eigenvalue weighted by Gasteiger charge is -2.10. The van der Waals surface area contributed by atoms with Gasteiger partial charge in [-0.05, 0) is 68.2 Å². The van der Waals surface area contributed by atoms with Crippen LogP contribution in [-0.4, -0.2) is 61.2 Å². The fourth-order valence-corrected chi connectivity index (χ4v) is 4.71. The van der Waals surface area contributed by atoms with Gasteiger partial charge in [-0.2, -0.15) is 5.10 Å². The summed E-state index contributed by atoms with van der Waals surface area (Å²) in [6.45, 7) is 1.35. The molecule has 0 radical (unpaired) electrons. The number of imidazole rings is 1. The van der Waals surface area contributed by atoms with Gasteiger partial charge in [0.25, 0.3) is 0 Å². The van der Waals surface area contributed by atoms with Crippen LogP contribution in [0.1, 0.15) is 11.1 Å². The molecule has 0 atom stereocenters. The van der Waals surface area contributed by atoms with Gasteiger partial charge in [-0.15, -0.1) is 0 Å². The number of rotatable bonds is 7. The van der Waals surface area contributed by atoms with Gasteiger partial charge < -0.3 is 15.2 Å². The highest BCUT2D eigenvalue weighted by atomic mass is 19.1. The van der Waals surface area contributed by atoms with Gasteiger partial charge in [-0.25, -0.2) is 14.4 Å². The normalized spacial score (nSPS) is 11.7. The first-order valence-corrected chi connectivity index (χ1v) is 12.2. The van der Waals surface area contributed by atoms with Crippen molar-refractivity contribution in [1.82, 2.24) is 45.3 Å². The average molecular weight is 508 g/mol. The first kappa shape index (κ1) is 23.8. The van der Waals surface area contributed by atoms with E-state index in [4.69, 9.17) is 4.98 Å². The van der Waals surface area contributed by atoms with Crippen LogP contribution in [0.15, 0.2) is 61.3 Å². The van der Waals surface area contributed by atoms with Crippen molar-refractivity contribution in [2.75, 3.05) is 21.1 Å². The first-order valence-electron chi connectivity index (χ1n) is 12.2. The predicted molar refractivity (Wildman–Crippen MR) is 146 cm³/mol. The van der Waals surface area contributed by atoms with Gasteiger partial charge in [0.15, 0.2) is 11.5 Å². The van der Waals surface area contributed by atoms with Gasteiger partial charge in [0.2, 0.25) is 0 Å². The van der Waals surface area contributed by atoms with Crippen molar-refractivity contribution in [2.45, 2.75) is 13.1 Å². The monoisotopic (exact) mass is 507 g/mol. The lowest BCUT2D eigenvalue weighted by Crippen LogP contribution is -2.10. The SMILES string of the molecule is CNCc1cc(F)cc(-c2cncc3[nH]c(-c4n[nH]c5ncc(-c6cncc(CN(C)C)c6)cc45)nc23)c1. The highest BCUT2D eigenvalue weighted by Gasteiger charge is 2.17. The number of halogens is 1. The van der Waals surface area contributed by atoms with E-state index in [1.165, 1.54) is 12.1 Å². The van der Waals surface area contributed by atoms with Crippen molar-refractivity contribution in [2.24, 2.45) is 0 Å². The van der Waals surface area contributed by atoms with Crippen LogP contribution in [0.25, 0.3) is 55.8 Å². The second-order valence-corrected chi connectivity index (χ2v) is 9.56. The van der Waals surface area contributed by atoms with E-state index < -0.39 is 0 Å². The van der Waals surface area contributed by atoms with Crippen LogP contribution >= 0.6 is 0 Å². The Kier molecular flexibility index (Phi) is 6.10. The maximum atomic E-state index is 14.4. The van der Waals surface area contributed by atoms with Gasteiger partial charge in [0.1, 0.15) is 11.5 Å². The molecule has 1 aromatic carbocycles. The Labute approximate surface area is 218 Å². The number of fused-ring (bicyclic) bond motifs is 2. The summed E-state index contributed by atoms with van der Waals surface area (Å²) < 4.78 is 14.4. The number of nitrogens with zero attached hydrogens (tertiary/aromatic N) is 6. The largest absolute Gasteiger partial charge is 0.335 e. The van der Waals surface area contributed by atoms with E-state index in [0.717, 1.165) is 45.3 Å². The molecule has 0 saturated heterocycles. The van der Waals surface area contributed by atoms with E-state index in [2.05, 4.69) is 46.4 Å². The van der Waals surface area contributed by atoms with E-state index in [-0.39, 0.29) is 5.82 Å². The van der Waals surface area contributed by atoms with E-state index in [0.29, 0.717) is 34.8 Å². The Morgan fingerprint density at radius 3 is 2.55 bits per heavy atom. The molecular weight excluding hydrogens is 481 g/mol. The summed E-state index contributed by atoms with van der Waals surface area (Å²) in [5, 5.41) is 11.4. The van der Waals surface area contributed by atoms with Crippen LogP contribution in [0.3, 0.4) is 0 Å². The number of nitrogens with one attached hydrogen (secondary N) is 3. The molecular formula is C28H26FN9. The predicted octanol–water partition coefficient (Wildman–Crippen LogP) is 4.55. The second-order valence-electron chi connectivity index (χ2n) is 9.56. The third-order valence-corrected chi connectivity index (χ3v) is 6.31. The number of pyridine rings is 3. The molecule has 10 heteroatoms. The molecule has 5 aromatic heterocycles. The molecule has 6 aromatic rings. The molecule has 0 bridgehead atoms. The van der Waals surface area contributed by atoms with Gasteiger partial charge in [-0.1, -0.05) is 0 Å². The molecule has 0 amide bonds. The Balaban J connectivity index is 1.43. The molecule has 9 nitrogen and oxygen atoms in total. The van der Waals surface area contributed by atoms with Gasteiger partial charge in [0.05, 0.1) is 22.6 Å². The number of aromatic amines is 2. The van der Waals surface area contributed by atoms with Crippen LogP contribution in [0.5, 0.6) is 0 Å². The summed E-state index contributed by atoms with van der Waals surface area (Å²) in [7, 11) is 5.89. The van der Waals surface area contributed by atoms with Gasteiger partial charge in [-0.3, -0.25) is 15.1 Å². The molecule has 3 N–H and O–H groups in total. The molecule has 0 saturated carbocycles. The number of H-pyrrole nitrogens is 2. The van der Waals surface area contributed by atoms with E-state index in [1.54, 1.807) is 12.4 Å². The standard InChI is InChI=1S/C28H26FN9/c1-30-9-16-4-18(7-21(29)6-16)23-13-32-14-24-25(23)35-28(34-24)26-22-8-20(12-33-27(22)37-36-26)19-5-17(10-31-11-19)15-38(2)3/h4-8,10-14,30H,9,15H2,1-3H3,(H,34,35)(H,33,36,37). The molecule has 0 unspecified atom stereocenters. The van der Waals surface area contributed by atoms with Crippen LogP contribution in [0.4, 0.5) is 4.39 Å². The quantitative estimate of drug-likeness (QED) is 0.291. The van der Waals surface area contributed by atoms with Crippen LogP contribution < -0.4 is 5.32 Å². The molecule has 0 fully saturated rings. The Morgan fingerprint density at radius 1 is 0.895 bits per heavy atom. The first-order chi connectivity index (χ1) is 18.5. The van der Waals surface area contributed by atoms with E-state index >= 15 is 0 Å². The van der Waals surface area contributed by atoms with Crippen LogP contribution in [-0.2, 0) is 13.1 Å². The number of hydrogen-bond donors (Lipinski definition) is 3. The minimum atomic E-state index is -0.304. The van der Waals surface area contributed by atoms with Crippen molar-refractivity contribution >= 4 is 22.1 Å². The Morgan fingerprint density at radius 2 is 1.71 bits per heavy atom. The van der Waals surface area contributed by atoms with Crippen molar-refractivity contribution in [3.63, 3.8) is 0 Å². The summed E-state index contributed by atoms with van der Waals surface area (Å²) in [5.41, 5.74) is 8.05. The molecule has 0 aliphatic heterocycles. The fourth-order valence-electron chi connectivity index (χ4n) is 4.71. The fraction of sp³-hybridized carbons (Fsp3) is 0.179. The summed E-state index contributed by atoms with van der Waals surface area (Å²) >= 11 is 0. The topological polar surface area (TPSA) is 111 Å². The summed E-state index contributed by atoms with van der Waals surface area (Å²) in [4.78, 5) is 23.7. The van der Waals surface area contributed by atoms with Crippen molar-refractivity contribution in [1.29, 1.82) is 0 Å². The second kappa shape index (κ2) is 9.73. The minimum absolute atomic E-state index is 0.304. The molecule has 38 heavy (non-hydrogen) atoms.